The van der Waals surface area contributed by atoms with Crippen LogP contribution in [0.2, 0.25) is 0 Å². The summed E-state index contributed by atoms with van der Waals surface area (Å²) in [7, 11) is 1.61. The summed E-state index contributed by atoms with van der Waals surface area (Å²) in [5.74, 6) is 1.27. The van der Waals surface area contributed by atoms with Crippen LogP contribution >= 0.6 is 11.3 Å². The van der Waals surface area contributed by atoms with E-state index in [0.717, 1.165) is 17.0 Å². The Kier molecular flexibility index (Phi) is 4.66. The molecule has 0 aliphatic carbocycles. The molecule has 6 nitrogen and oxygen atoms in total. The van der Waals surface area contributed by atoms with Crippen LogP contribution in [0.3, 0.4) is 0 Å². The van der Waals surface area contributed by atoms with Crippen LogP contribution in [0, 0.1) is 5.92 Å². The lowest BCUT2D eigenvalue weighted by Gasteiger charge is -2.25. The Hall–Kier alpha value is -2.28. The average Bonchev–Trinajstić information content (AvgIpc) is 2.99. The summed E-state index contributed by atoms with van der Waals surface area (Å²) in [5.41, 5.74) is 7.50. The van der Waals surface area contributed by atoms with Gasteiger partial charge in [-0.15, -0.1) is 11.3 Å². The first kappa shape index (κ1) is 15.6. The highest BCUT2D eigenvalue weighted by Gasteiger charge is 2.27. The summed E-state index contributed by atoms with van der Waals surface area (Å²) < 4.78 is 11.0. The van der Waals surface area contributed by atoms with Gasteiger partial charge in [-0.25, -0.2) is 4.98 Å². The van der Waals surface area contributed by atoms with Crippen molar-refractivity contribution in [1.29, 1.82) is 0 Å². The second kappa shape index (κ2) is 6.87. The molecule has 1 amide bonds. The molecule has 0 saturated carbocycles. The number of thiazole rings is 1. The molecule has 1 aliphatic rings. The number of para-hydroxylation sites is 1. The van der Waals surface area contributed by atoms with Gasteiger partial charge in [0.15, 0.2) is 16.6 Å². The van der Waals surface area contributed by atoms with E-state index in [-0.39, 0.29) is 11.8 Å². The van der Waals surface area contributed by atoms with E-state index in [1.165, 1.54) is 11.3 Å². The van der Waals surface area contributed by atoms with Gasteiger partial charge in [0.2, 0.25) is 5.91 Å². The molecule has 1 aliphatic heterocycles. The van der Waals surface area contributed by atoms with Gasteiger partial charge in [0.05, 0.1) is 18.7 Å². The number of hydrogen-bond acceptors (Lipinski definition) is 6. The molecule has 0 fully saturated rings. The van der Waals surface area contributed by atoms with E-state index in [9.17, 15) is 4.79 Å². The van der Waals surface area contributed by atoms with Crippen molar-refractivity contribution in [3.63, 3.8) is 0 Å². The minimum absolute atomic E-state index is 0.00155. The van der Waals surface area contributed by atoms with Crippen LogP contribution in [0.5, 0.6) is 11.5 Å². The summed E-state index contributed by atoms with van der Waals surface area (Å²) in [4.78, 5) is 16.5. The number of nitrogens with zero attached hydrogens (tertiary/aromatic N) is 1. The smallest absolute Gasteiger partial charge is 0.226 e. The largest absolute Gasteiger partial charge is 0.493 e. The van der Waals surface area contributed by atoms with E-state index in [4.69, 9.17) is 15.2 Å². The van der Waals surface area contributed by atoms with Gasteiger partial charge in [0, 0.05) is 18.3 Å². The lowest BCUT2D eigenvalue weighted by Crippen LogP contribution is -2.38. The lowest BCUT2D eigenvalue weighted by molar-refractivity contribution is -0.126. The van der Waals surface area contributed by atoms with E-state index < -0.39 is 0 Å². The van der Waals surface area contributed by atoms with Crippen molar-refractivity contribution in [3.05, 3.63) is 34.8 Å². The molecule has 0 saturated heterocycles. The van der Waals surface area contributed by atoms with Crippen molar-refractivity contribution in [2.24, 2.45) is 5.92 Å². The van der Waals surface area contributed by atoms with E-state index >= 15 is 0 Å². The first-order chi connectivity index (χ1) is 11.2. The molecule has 0 unspecified atom stereocenters. The Bertz CT molecular complexity index is 702. The highest BCUT2D eigenvalue weighted by atomic mass is 32.1. The molecule has 122 valence electrons. The Morgan fingerprint density at radius 3 is 3.17 bits per heavy atom. The number of benzene rings is 1. The Morgan fingerprint density at radius 2 is 2.43 bits per heavy atom. The highest BCUT2D eigenvalue weighted by molar-refractivity contribution is 7.13. The molecule has 1 aromatic carbocycles. The van der Waals surface area contributed by atoms with E-state index in [2.05, 4.69) is 10.3 Å². The molecule has 0 radical (unpaired) electrons. The molecule has 0 bridgehead atoms. The fourth-order valence-corrected chi connectivity index (χ4v) is 3.22. The van der Waals surface area contributed by atoms with Crippen molar-refractivity contribution < 1.29 is 14.3 Å². The van der Waals surface area contributed by atoms with Gasteiger partial charge >= 0.3 is 0 Å². The highest BCUT2D eigenvalue weighted by Crippen LogP contribution is 2.35. The predicted molar refractivity (Wildman–Crippen MR) is 88.9 cm³/mol. The summed E-state index contributed by atoms with van der Waals surface area (Å²) in [5, 5.41) is 5.41. The minimum Gasteiger partial charge on any atom is -0.493 e. The van der Waals surface area contributed by atoms with Crippen molar-refractivity contribution >= 4 is 22.4 Å². The summed E-state index contributed by atoms with van der Waals surface area (Å²) in [6.45, 7) is 0.909. The zero-order chi connectivity index (χ0) is 16.2. The summed E-state index contributed by atoms with van der Waals surface area (Å²) in [6, 6.07) is 5.74. The normalized spacial score (nSPS) is 16.3. The van der Waals surface area contributed by atoms with Crippen LogP contribution in [0.15, 0.2) is 23.6 Å². The second-order valence-electron chi connectivity index (χ2n) is 5.38. The van der Waals surface area contributed by atoms with Crippen LogP contribution in [-0.4, -0.2) is 31.2 Å². The van der Waals surface area contributed by atoms with Crippen LogP contribution in [0.1, 0.15) is 11.3 Å². The SMILES string of the molecule is COc1cccc2c1OC[C@@H](C(=O)NCCc1csc(N)n1)C2. The van der Waals surface area contributed by atoms with Crippen LogP contribution in [-0.2, 0) is 17.6 Å². The van der Waals surface area contributed by atoms with Gasteiger partial charge in [-0.05, 0) is 18.1 Å². The first-order valence-electron chi connectivity index (χ1n) is 7.43. The maximum atomic E-state index is 12.3. The number of hydrogen-bond donors (Lipinski definition) is 2. The van der Waals surface area contributed by atoms with E-state index in [0.29, 0.717) is 36.9 Å². The molecule has 1 atom stereocenters. The van der Waals surface area contributed by atoms with Crippen molar-refractivity contribution in [1.82, 2.24) is 10.3 Å². The molecule has 2 aromatic rings. The van der Waals surface area contributed by atoms with Gasteiger partial charge in [-0.1, -0.05) is 12.1 Å². The Morgan fingerprint density at radius 1 is 1.57 bits per heavy atom. The van der Waals surface area contributed by atoms with Crippen LogP contribution in [0.25, 0.3) is 0 Å². The summed E-state index contributed by atoms with van der Waals surface area (Å²) >= 11 is 1.41. The Balaban J connectivity index is 1.54. The number of anilines is 1. The number of rotatable bonds is 5. The van der Waals surface area contributed by atoms with Crippen molar-refractivity contribution in [2.45, 2.75) is 12.8 Å². The fraction of sp³-hybridized carbons (Fsp3) is 0.375. The zero-order valence-electron chi connectivity index (χ0n) is 12.9. The number of carbonyl (C=O) groups excluding carboxylic acids is 1. The second-order valence-corrected chi connectivity index (χ2v) is 6.27. The topological polar surface area (TPSA) is 86.5 Å². The monoisotopic (exact) mass is 333 g/mol. The lowest BCUT2D eigenvalue weighted by atomic mass is 9.95. The maximum Gasteiger partial charge on any atom is 0.226 e. The van der Waals surface area contributed by atoms with Gasteiger partial charge in [-0.3, -0.25) is 4.79 Å². The number of ether oxygens (including phenoxy) is 2. The number of amides is 1. The number of carbonyl (C=O) groups is 1. The number of aromatic nitrogens is 1. The third kappa shape index (κ3) is 3.56. The first-order valence-corrected chi connectivity index (χ1v) is 8.31. The number of methoxy groups -OCH3 is 1. The van der Waals surface area contributed by atoms with Crippen LogP contribution < -0.4 is 20.5 Å². The quantitative estimate of drug-likeness (QED) is 0.869. The van der Waals surface area contributed by atoms with E-state index in [1.807, 2.05) is 23.6 Å². The van der Waals surface area contributed by atoms with E-state index in [1.54, 1.807) is 7.11 Å². The average molecular weight is 333 g/mol. The maximum absolute atomic E-state index is 12.3. The molecule has 3 rings (SSSR count). The molecular formula is C16H19N3O3S. The fourth-order valence-electron chi connectivity index (χ4n) is 2.62. The molecule has 2 heterocycles. The standard InChI is InChI=1S/C16H19N3O3S/c1-21-13-4-2-3-10-7-11(8-22-14(10)13)15(20)18-6-5-12-9-23-16(17)19-12/h2-4,9,11H,5-8H2,1H3,(H2,17,19)(H,18,20)/t11-/m0/s1. The number of nitrogens with two attached hydrogens (primary N) is 1. The van der Waals surface area contributed by atoms with Gasteiger partial charge in [0.25, 0.3) is 0 Å². The Labute approximate surface area is 138 Å². The van der Waals surface area contributed by atoms with Crippen molar-refractivity contribution in [2.75, 3.05) is 26.0 Å². The molecule has 3 N–H and O–H groups in total. The predicted octanol–water partition coefficient (Wildman–Crippen LogP) is 1.64. The molecule has 1 aromatic heterocycles. The summed E-state index contributed by atoms with van der Waals surface area (Å²) in [6.07, 6.45) is 1.33. The third-order valence-corrected chi connectivity index (χ3v) is 4.52. The minimum atomic E-state index is -0.185. The molecule has 0 spiro atoms. The number of nitrogen functional groups attached to an aromatic ring is 1. The third-order valence-electron chi connectivity index (χ3n) is 3.80. The van der Waals surface area contributed by atoms with Crippen LogP contribution in [0.4, 0.5) is 5.13 Å². The molecule has 23 heavy (non-hydrogen) atoms. The number of fused-ring (bicyclic) bond motifs is 1. The molecular weight excluding hydrogens is 314 g/mol. The number of nitrogens with one attached hydrogen (secondary N) is 1. The van der Waals surface area contributed by atoms with Crippen molar-refractivity contribution in [3.8, 4) is 11.5 Å². The molecule has 7 heteroatoms. The van der Waals surface area contributed by atoms with Gasteiger partial charge < -0.3 is 20.5 Å². The zero-order valence-corrected chi connectivity index (χ0v) is 13.7. The van der Waals surface area contributed by atoms with Gasteiger partial charge in [-0.2, -0.15) is 0 Å². The van der Waals surface area contributed by atoms with Gasteiger partial charge in [0.1, 0.15) is 6.61 Å².